The summed E-state index contributed by atoms with van der Waals surface area (Å²) < 4.78 is 3.57. The average Bonchev–Trinajstić information content (AvgIpc) is 3.00. The van der Waals surface area contributed by atoms with Crippen molar-refractivity contribution >= 4 is 23.3 Å². The number of hydrogen-bond donors (Lipinski definition) is 1. The Morgan fingerprint density at radius 3 is 2.79 bits per heavy atom. The van der Waals surface area contributed by atoms with Crippen LogP contribution in [0, 0.1) is 12.8 Å². The van der Waals surface area contributed by atoms with Crippen LogP contribution in [0.2, 0.25) is 0 Å². The molecule has 148 valence electrons. The Morgan fingerprint density at radius 2 is 2.07 bits per heavy atom. The molecule has 1 amide bonds. The molecule has 0 unspecified atom stereocenters. The Morgan fingerprint density at radius 1 is 1.29 bits per heavy atom. The number of nitrogens with two attached hydrogens (primary N) is 1. The lowest BCUT2D eigenvalue weighted by Gasteiger charge is -2.12. The molecule has 9 heteroatoms. The van der Waals surface area contributed by atoms with Gasteiger partial charge in [0.2, 0.25) is 5.91 Å². The maximum atomic E-state index is 12.4. The predicted molar refractivity (Wildman–Crippen MR) is 108 cm³/mol. The number of rotatable bonds is 8. The van der Waals surface area contributed by atoms with Gasteiger partial charge in [0.1, 0.15) is 11.5 Å². The van der Waals surface area contributed by atoms with Crippen LogP contribution in [0.5, 0.6) is 0 Å². The first-order valence-corrected chi connectivity index (χ1v) is 10.1. The smallest absolute Gasteiger partial charge is 0.258 e. The Labute approximate surface area is 167 Å². The van der Waals surface area contributed by atoms with E-state index in [9.17, 15) is 9.59 Å². The summed E-state index contributed by atoms with van der Waals surface area (Å²) in [5, 5.41) is 9.25. The van der Waals surface area contributed by atoms with Gasteiger partial charge in [-0.3, -0.25) is 14.0 Å². The molecule has 0 aromatic carbocycles. The second kappa shape index (κ2) is 8.55. The van der Waals surface area contributed by atoms with E-state index in [0.29, 0.717) is 29.4 Å². The van der Waals surface area contributed by atoms with E-state index in [4.69, 9.17) is 5.73 Å². The zero-order chi connectivity index (χ0) is 20.3. The lowest BCUT2D eigenvalue weighted by molar-refractivity contribution is -0.118. The number of carbonyl (C=O) groups excluding carboxylic acids is 1. The van der Waals surface area contributed by atoms with E-state index in [2.05, 4.69) is 29.0 Å². The summed E-state index contributed by atoms with van der Waals surface area (Å²) >= 11 is 1.48. The molecule has 3 heterocycles. The minimum atomic E-state index is -0.357. The molecule has 8 nitrogen and oxygen atoms in total. The maximum absolute atomic E-state index is 12.4. The lowest BCUT2D eigenvalue weighted by Crippen LogP contribution is -2.16. The fourth-order valence-corrected chi connectivity index (χ4v) is 3.72. The molecular weight excluding hydrogens is 376 g/mol. The third-order valence-corrected chi connectivity index (χ3v) is 5.15. The molecule has 0 saturated heterocycles. The molecule has 3 rings (SSSR count). The van der Waals surface area contributed by atoms with Crippen LogP contribution in [0.3, 0.4) is 0 Å². The normalized spacial score (nSPS) is 11.4. The second-order valence-corrected chi connectivity index (χ2v) is 8.12. The highest BCUT2D eigenvalue weighted by Crippen LogP contribution is 2.22. The molecule has 0 fully saturated rings. The molecule has 0 aliphatic carbocycles. The summed E-state index contributed by atoms with van der Waals surface area (Å²) in [6, 6.07) is 5.33. The van der Waals surface area contributed by atoms with Crippen LogP contribution >= 0.6 is 11.8 Å². The molecule has 0 spiro atoms. The Kier molecular flexibility index (Phi) is 6.13. The summed E-state index contributed by atoms with van der Waals surface area (Å²) in [5.41, 5.74) is 7.48. The maximum Gasteiger partial charge on any atom is 0.258 e. The van der Waals surface area contributed by atoms with Gasteiger partial charge in [-0.1, -0.05) is 31.7 Å². The SMILES string of the molecule is Cc1ccc2nc(CSc3nnc(CCC(N)=O)n3CC(C)C)cc(=O)n2c1. The number of carbonyl (C=O) groups is 1. The van der Waals surface area contributed by atoms with Crippen LogP contribution in [0.25, 0.3) is 5.65 Å². The average molecular weight is 401 g/mol. The second-order valence-electron chi connectivity index (χ2n) is 7.18. The van der Waals surface area contributed by atoms with E-state index in [-0.39, 0.29) is 17.9 Å². The van der Waals surface area contributed by atoms with Crippen LogP contribution in [-0.4, -0.2) is 30.1 Å². The molecule has 2 N–H and O–H groups in total. The van der Waals surface area contributed by atoms with Crippen molar-refractivity contribution in [1.82, 2.24) is 24.1 Å². The molecule has 0 saturated carbocycles. The number of aryl methyl sites for hydroxylation is 2. The number of thioether (sulfide) groups is 1. The third-order valence-electron chi connectivity index (χ3n) is 4.15. The van der Waals surface area contributed by atoms with Crippen molar-refractivity contribution in [2.75, 3.05) is 0 Å². The third kappa shape index (κ3) is 4.78. The van der Waals surface area contributed by atoms with E-state index < -0.39 is 0 Å². The summed E-state index contributed by atoms with van der Waals surface area (Å²) in [5.74, 6) is 1.29. The number of pyridine rings is 1. The van der Waals surface area contributed by atoms with E-state index in [1.165, 1.54) is 11.8 Å². The monoisotopic (exact) mass is 400 g/mol. The number of primary amides is 1. The van der Waals surface area contributed by atoms with Crippen LogP contribution in [0.1, 0.15) is 37.4 Å². The number of fused-ring (bicyclic) bond motifs is 1. The van der Waals surface area contributed by atoms with Crippen molar-refractivity contribution in [2.24, 2.45) is 11.7 Å². The van der Waals surface area contributed by atoms with Crippen LogP contribution in [-0.2, 0) is 23.5 Å². The van der Waals surface area contributed by atoms with Crippen molar-refractivity contribution in [3.63, 3.8) is 0 Å². The van der Waals surface area contributed by atoms with Crippen LogP contribution < -0.4 is 11.3 Å². The zero-order valence-corrected chi connectivity index (χ0v) is 17.1. The minimum absolute atomic E-state index is 0.102. The predicted octanol–water partition coefficient (Wildman–Crippen LogP) is 1.96. The van der Waals surface area contributed by atoms with Crippen molar-refractivity contribution < 1.29 is 4.79 Å². The summed E-state index contributed by atoms with van der Waals surface area (Å²) in [7, 11) is 0. The van der Waals surface area contributed by atoms with E-state index in [0.717, 1.165) is 23.1 Å². The van der Waals surface area contributed by atoms with Crippen LogP contribution in [0.4, 0.5) is 0 Å². The fraction of sp³-hybridized carbons (Fsp3) is 0.421. The van der Waals surface area contributed by atoms with E-state index in [1.807, 2.05) is 23.6 Å². The largest absolute Gasteiger partial charge is 0.370 e. The van der Waals surface area contributed by atoms with Gasteiger partial charge in [-0.2, -0.15) is 0 Å². The Bertz CT molecular complexity index is 1060. The van der Waals surface area contributed by atoms with Gasteiger partial charge in [0, 0.05) is 37.4 Å². The van der Waals surface area contributed by atoms with Gasteiger partial charge in [-0.15, -0.1) is 10.2 Å². The van der Waals surface area contributed by atoms with Crippen molar-refractivity contribution in [1.29, 1.82) is 0 Å². The molecule has 3 aromatic rings. The topological polar surface area (TPSA) is 108 Å². The molecule has 3 aromatic heterocycles. The molecule has 0 atom stereocenters. The van der Waals surface area contributed by atoms with Gasteiger partial charge >= 0.3 is 0 Å². The number of nitrogens with zero attached hydrogens (tertiary/aromatic N) is 5. The van der Waals surface area contributed by atoms with E-state index >= 15 is 0 Å². The highest BCUT2D eigenvalue weighted by Gasteiger charge is 2.15. The molecule has 28 heavy (non-hydrogen) atoms. The summed E-state index contributed by atoms with van der Waals surface area (Å²) in [6.45, 7) is 6.91. The van der Waals surface area contributed by atoms with Gasteiger partial charge in [0.25, 0.3) is 5.56 Å². The molecular formula is C19H24N6O2S. The first-order chi connectivity index (χ1) is 13.3. The molecule has 0 radical (unpaired) electrons. The van der Waals surface area contributed by atoms with Gasteiger partial charge in [-0.25, -0.2) is 4.98 Å². The number of amides is 1. The highest BCUT2D eigenvalue weighted by atomic mass is 32.2. The number of hydrogen-bond acceptors (Lipinski definition) is 6. The van der Waals surface area contributed by atoms with E-state index in [1.54, 1.807) is 16.7 Å². The van der Waals surface area contributed by atoms with Crippen molar-refractivity contribution in [3.05, 3.63) is 51.8 Å². The molecule has 0 bridgehead atoms. The van der Waals surface area contributed by atoms with Crippen molar-refractivity contribution in [2.45, 2.75) is 51.1 Å². The molecule has 0 aliphatic rings. The quantitative estimate of drug-likeness (QED) is 0.579. The van der Waals surface area contributed by atoms with Gasteiger partial charge < -0.3 is 10.3 Å². The summed E-state index contributed by atoms with van der Waals surface area (Å²) in [6.07, 6.45) is 2.49. The van der Waals surface area contributed by atoms with Gasteiger partial charge in [-0.05, 0) is 24.5 Å². The standard InChI is InChI=1S/C19H24N6O2S/c1-12(2)9-25-17(7-5-15(20)26)22-23-19(25)28-11-14-8-18(27)24-10-13(3)4-6-16(24)21-14/h4,6,8,10,12H,5,7,9,11H2,1-3H3,(H2,20,26). The summed E-state index contributed by atoms with van der Waals surface area (Å²) in [4.78, 5) is 28.0. The first-order valence-electron chi connectivity index (χ1n) is 9.15. The van der Waals surface area contributed by atoms with Gasteiger partial charge in [0.05, 0.1) is 5.69 Å². The van der Waals surface area contributed by atoms with Crippen molar-refractivity contribution in [3.8, 4) is 0 Å². The number of aromatic nitrogens is 5. The Balaban J connectivity index is 1.82. The Hall–Kier alpha value is -2.68. The molecule has 0 aliphatic heterocycles. The lowest BCUT2D eigenvalue weighted by atomic mass is 10.2. The fourth-order valence-electron chi connectivity index (χ4n) is 2.86. The zero-order valence-electron chi connectivity index (χ0n) is 16.3. The first kappa shape index (κ1) is 20.1. The minimum Gasteiger partial charge on any atom is -0.370 e. The van der Waals surface area contributed by atoms with Crippen LogP contribution in [0.15, 0.2) is 34.3 Å². The van der Waals surface area contributed by atoms with Gasteiger partial charge in [0.15, 0.2) is 5.16 Å². The highest BCUT2D eigenvalue weighted by molar-refractivity contribution is 7.98.